The number of hydrogen-bond donors (Lipinski definition) is 2. The van der Waals surface area contributed by atoms with E-state index in [2.05, 4.69) is 20.3 Å². The topological polar surface area (TPSA) is 92.7 Å². The molecule has 0 fully saturated rings. The van der Waals surface area contributed by atoms with Crippen LogP contribution in [0.3, 0.4) is 0 Å². The van der Waals surface area contributed by atoms with Crippen LogP contribution in [0.5, 0.6) is 0 Å². The van der Waals surface area contributed by atoms with Crippen molar-refractivity contribution in [3.63, 3.8) is 0 Å². The Bertz CT molecular complexity index is 936. The van der Waals surface area contributed by atoms with Gasteiger partial charge in [-0.15, -0.1) is 0 Å². The molecule has 0 aliphatic rings. The SMILES string of the molecule is CC(C)C(NC(=O)c1ccc(-c2cnc(=O)[nH]c2)cc1)c1nccn1C. The first-order valence-corrected chi connectivity index (χ1v) is 8.39. The first-order chi connectivity index (χ1) is 12.5. The molecule has 1 aromatic carbocycles. The third-order valence-corrected chi connectivity index (χ3v) is 4.24. The Morgan fingerprint density at radius 1 is 1.15 bits per heavy atom. The van der Waals surface area contributed by atoms with E-state index in [1.54, 1.807) is 24.5 Å². The number of imidazole rings is 1. The fourth-order valence-corrected chi connectivity index (χ4v) is 2.74. The highest BCUT2D eigenvalue weighted by Gasteiger charge is 2.22. The average molecular weight is 351 g/mol. The number of carbonyl (C=O) groups is 1. The quantitative estimate of drug-likeness (QED) is 0.738. The van der Waals surface area contributed by atoms with Gasteiger partial charge in [0.05, 0.1) is 6.04 Å². The van der Waals surface area contributed by atoms with E-state index in [-0.39, 0.29) is 17.9 Å². The summed E-state index contributed by atoms with van der Waals surface area (Å²) >= 11 is 0. The molecule has 2 aromatic heterocycles. The summed E-state index contributed by atoms with van der Waals surface area (Å²) in [6.07, 6.45) is 6.69. The molecule has 0 aliphatic carbocycles. The van der Waals surface area contributed by atoms with Gasteiger partial charge in [0.2, 0.25) is 0 Å². The van der Waals surface area contributed by atoms with Crippen molar-refractivity contribution >= 4 is 5.91 Å². The van der Waals surface area contributed by atoms with Gasteiger partial charge in [-0.05, 0) is 23.6 Å². The van der Waals surface area contributed by atoms with Crippen molar-refractivity contribution in [1.82, 2.24) is 24.8 Å². The molecule has 0 saturated heterocycles. The molecule has 3 rings (SSSR count). The molecule has 1 atom stereocenters. The third-order valence-electron chi connectivity index (χ3n) is 4.24. The van der Waals surface area contributed by atoms with Crippen molar-refractivity contribution in [3.8, 4) is 11.1 Å². The zero-order valence-electron chi connectivity index (χ0n) is 14.9. The lowest BCUT2D eigenvalue weighted by Gasteiger charge is -2.22. The summed E-state index contributed by atoms with van der Waals surface area (Å²) in [6.45, 7) is 4.10. The van der Waals surface area contributed by atoms with E-state index >= 15 is 0 Å². The van der Waals surface area contributed by atoms with Crippen molar-refractivity contribution < 1.29 is 4.79 Å². The second kappa shape index (κ2) is 7.35. The molecule has 0 bridgehead atoms. The van der Waals surface area contributed by atoms with E-state index in [0.29, 0.717) is 5.56 Å². The molecule has 1 amide bonds. The maximum Gasteiger partial charge on any atom is 0.344 e. The molecule has 1 unspecified atom stereocenters. The van der Waals surface area contributed by atoms with E-state index in [1.165, 1.54) is 6.20 Å². The lowest BCUT2D eigenvalue weighted by molar-refractivity contribution is 0.0922. The number of hydrogen-bond acceptors (Lipinski definition) is 4. The Hall–Kier alpha value is -3.22. The fourth-order valence-electron chi connectivity index (χ4n) is 2.74. The molecule has 7 nitrogen and oxygen atoms in total. The number of carbonyl (C=O) groups excluding carboxylic acids is 1. The molecule has 2 heterocycles. The fraction of sp³-hybridized carbons (Fsp3) is 0.263. The molecule has 3 aromatic rings. The van der Waals surface area contributed by atoms with Gasteiger partial charge >= 0.3 is 5.69 Å². The summed E-state index contributed by atoms with van der Waals surface area (Å²) in [4.78, 5) is 34.3. The number of aryl methyl sites for hydroxylation is 1. The predicted molar refractivity (Wildman–Crippen MR) is 98.5 cm³/mol. The lowest BCUT2D eigenvalue weighted by atomic mass is 10.0. The minimum Gasteiger partial charge on any atom is -0.342 e. The van der Waals surface area contributed by atoms with Crippen LogP contribution < -0.4 is 11.0 Å². The van der Waals surface area contributed by atoms with Gasteiger partial charge in [-0.25, -0.2) is 14.8 Å². The van der Waals surface area contributed by atoms with Crippen molar-refractivity contribution in [1.29, 1.82) is 0 Å². The van der Waals surface area contributed by atoms with Crippen LogP contribution in [-0.2, 0) is 7.05 Å². The second-order valence-electron chi connectivity index (χ2n) is 6.48. The van der Waals surface area contributed by atoms with E-state index in [4.69, 9.17) is 0 Å². The molecule has 0 saturated carbocycles. The minimum atomic E-state index is -0.390. The number of rotatable bonds is 5. The number of aromatic amines is 1. The third kappa shape index (κ3) is 3.72. The van der Waals surface area contributed by atoms with Gasteiger partial charge in [-0.1, -0.05) is 26.0 Å². The van der Waals surface area contributed by atoms with Gasteiger partial charge < -0.3 is 14.9 Å². The van der Waals surface area contributed by atoms with Crippen LogP contribution >= 0.6 is 0 Å². The van der Waals surface area contributed by atoms with Crippen molar-refractivity contribution in [2.24, 2.45) is 13.0 Å². The average Bonchev–Trinajstić information content (AvgIpc) is 3.05. The standard InChI is InChI=1S/C19H21N5O2/c1-12(2)16(17-20-8-9-24(17)3)23-18(25)14-6-4-13(5-7-14)15-10-21-19(26)22-11-15/h4-12,16H,1-3H3,(H,23,25)(H,21,22,26). The lowest BCUT2D eigenvalue weighted by Crippen LogP contribution is -2.33. The van der Waals surface area contributed by atoms with Crippen LogP contribution in [0.2, 0.25) is 0 Å². The highest BCUT2D eigenvalue weighted by atomic mass is 16.2. The van der Waals surface area contributed by atoms with Gasteiger partial charge in [-0.3, -0.25) is 4.79 Å². The normalized spacial score (nSPS) is 12.2. The van der Waals surface area contributed by atoms with E-state index in [9.17, 15) is 9.59 Å². The maximum absolute atomic E-state index is 12.7. The zero-order valence-corrected chi connectivity index (χ0v) is 14.9. The van der Waals surface area contributed by atoms with Crippen LogP contribution in [0.1, 0.15) is 36.1 Å². The van der Waals surface area contributed by atoms with Gasteiger partial charge in [0.1, 0.15) is 5.82 Å². The summed E-state index contributed by atoms with van der Waals surface area (Å²) in [5, 5.41) is 3.06. The van der Waals surface area contributed by atoms with E-state index < -0.39 is 5.69 Å². The Balaban J connectivity index is 1.78. The summed E-state index contributed by atoms with van der Waals surface area (Å²) in [5.74, 6) is 0.869. The first kappa shape index (κ1) is 17.6. The molecule has 0 spiro atoms. The molecule has 7 heteroatoms. The van der Waals surface area contributed by atoms with Crippen molar-refractivity contribution in [3.05, 3.63) is 70.9 Å². The van der Waals surface area contributed by atoms with Crippen LogP contribution in [0.15, 0.2) is 53.8 Å². The summed E-state index contributed by atoms with van der Waals surface area (Å²) < 4.78 is 1.91. The highest BCUT2D eigenvalue weighted by molar-refractivity contribution is 5.94. The molecular formula is C19H21N5O2. The molecule has 26 heavy (non-hydrogen) atoms. The van der Waals surface area contributed by atoms with Crippen LogP contribution in [0.4, 0.5) is 0 Å². The van der Waals surface area contributed by atoms with Crippen LogP contribution in [-0.4, -0.2) is 25.4 Å². The summed E-state index contributed by atoms with van der Waals surface area (Å²) in [5.41, 5.74) is 1.82. The smallest absolute Gasteiger partial charge is 0.342 e. The number of aromatic nitrogens is 4. The molecule has 2 N–H and O–H groups in total. The predicted octanol–water partition coefficient (Wildman–Crippen LogP) is 2.30. The van der Waals surface area contributed by atoms with Crippen molar-refractivity contribution in [2.75, 3.05) is 0 Å². The molecular weight excluding hydrogens is 330 g/mol. The Morgan fingerprint density at radius 3 is 2.42 bits per heavy atom. The summed E-state index contributed by atoms with van der Waals surface area (Å²) in [7, 11) is 1.91. The Labute approximate surface area is 151 Å². The summed E-state index contributed by atoms with van der Waals surface area (Å²) in [6, 6.07) is 6.99. The highest BCUT2D eigenvalue weighted by Crippen LogP contribution is 2.21. The number of H-pyrrole nitrogens is 1. The van der Waals surface area contributed by atoms with E-state index in [1.807, 2.05) is 43.8 Å². The van der Waals surface area contributed by atoms with Gasteiger partial charge in [-0.2, -0.15) is 0 Å². The Morgan fingerprint density at radius 2 is 1.88 bits per heavy atom. The van der Waals surface area contributed by atoms with Crippen molar-refractivity contribution in [2.45, 2.75) is 19.9 Å². The van der Waals surface area contributed by atoms with Crippen LogP contribution in [0.25, 0.3) is 11.1 Å². The number of amides is 1. The minimum absolute atomic E-state index is 0.155. The monoisotopic (exact) mass is 351 g/mol. The van der Waals surface area contributed by atoms with Crippen LogP contribution in [0, 0.1) is 5.92 Å². The molecule has 0 aliphatic heterocycles. The Kier molecular flexibility index (Phi) is 4.97. The second-order valence-corrected chi connectivity index (χ2v) is 6.48. The molecule has 0 radical (unpaired) electrons. The zero-order chi connectivity index (χ0) is 18.7. The number of benzene rings is 1. The van der Waals surface area contributed by atoms with Gasteiger partial charge in [0.15, 0.2) is 0 Å². The maximum atomic E-state index is 12.7. The van der Waals surface area contributed by atoms with Gasteiger partial charge in [0.25, 0.3) is 5.91 Å². The number of nitrogens with one attached hydrogen (secondary N) is 2. The molecule has 134 valence electrons. The largest absolute Gasteiger partial charge is 0.344 e. The van der Waals surface area contributed by atoms with Gasteiger partial charge in [0, 0.05) is 43.0 Å². The number of nitrogens with zero attached hydrogens (tertiary/aromatic N) is 3. The first-order valence-electron chi connectivity index (χ1n) is 8.39. The van der Waals surface area contributed by atoms with E-state index in [0.717, 1.165) is 17.0 Å².